The highest BCUT2D eigenvalue weighted by Gasteiger charge is 2.50. The number of hydrogen-bond acceptors (Lipinski definition) is 11. The molecule has 0 amide bonds. The minimum Gasteiger partial charge on any atom is -0.465 e. The van der Waals surface area contributed by atoms with Gasteiger partial charge in [-0.3, -0.25) is 14.5 Å². The normalized spacial score (nSPS) is 15.8. The topological polar surface area (TPSA) is 129 Å². The Bertz CT molecular complexity index is 1190. The molecular weight excluding hydrogens is 480 g/mol. The van der Waals surface area contributed by atoms with Gasteiger partial charge in [-0.1, -0.05) is 34.6 Å². The summed E-state index contributed by atoms with van der Waals surface area (Å²) in [6, 6.07) is 11.2. The van der Waals surface area contributed by atoms with Gasteiger partial charge in [0, 0.05) is 25.2 Å². The van der Waals surface area contributed by atoms with Crippen LogP contribution in [0.4, 0.5) is 0 Å². The molecule has 0 N–H and O–H groups in total. The molecule has 1 aliphatic rings. The molecule has 0 bridgehead atoms. The van der Waals surface area contributed by atoms with E-state index in [9.17, 15) is 9.59 Å². The molecule has 1 fully saturated rings. The molecule has 0 radical (unpaired) electrons. The zero-order chi connectivity index (χ0) is 26.3. The SMILES string of the molecule is CCOC(=O)C1(C(=O)OCC)CCN(Cc2ccc(-c3noc(C(=NOC)c4ccco4)n3)cc2)CC1. The number of rotatable bonds is 10. The highest BCUT2D eigenvalue weighted by atomic mass is 16.6. The Morgan fingerprint density at radius 3 is 2.30 bits per heavy atom. The molecule has 0 aliphatic carbocycles. The van der Waals surface area contributed by atoms with Gasteiger partial charge in [-0.05, 0) is 44.4 Å². The lowest BCUT2D eigenvalue weighted by Crippen LogP contribution is -2.50. The predicted molar refractivity (Wildman–Crippen MR) is 131 cm³/mol. The number of carbonyl (C=O) groups is 2. The lowest BCUT2D eigenvalue weighted by atomic mass is 9.78. The van der Waals surface area contributed by atoms with Crippen molar-refractivity contribution in [3.05, 3.63) is 59.9 Å². The summed E-state index contributed by atoms with van der Waals surface area (Å²) in [5.41, 5.74) is 0.917. The van der Waals surface area contributed by atoms with Crippen molar-refractivity contribution in [1.82, 2.24) is 15.0 Å². The third kappa shape index (κ3) is 5.72. The Hall–Kier alpha value is -3.99. The van der Waals surface area contributed by atoms with Gasteiger partial charge in [0.2, 0.25) is 11.5 Å². The fraction of sp³-hybridized carbons (Fsp3) is 0.423. The van der Waals surface area contributed by atoms with Crippen LogP contribution in [-0.2, 0) is 30.4 Å². The number of piperidine rings is 1. The molecule has 0 atom stereocenters. The van der Waals surface area contributed by atoms with Gasteiger partial charge in [-0.15, -0.1) is 0 Å². The number of likely N-dealkylation sites (tertiary alicyclic amines) is 1. The van der Waals surface area contributed by atoms with E-state index in [2.05, 4.69) is 20.2 Å². The van der Waals surface area contributed by atoms with Crippen LogP contribution in [0.3, 0.4) is 0 Å². The third-order valence-corrected chi connectivity index (χ3v) is 6.23. The molecule has 3 heterocycles. The lowest BCUT2D eigenvalue weighted by molar-refractivity contribution is -0.176. The fourth-order valence-corrected chi connectivity index (χ4v) is 4.27. The molecule has 1 aromatic carbocycles. The molecule has 196 valence electrons. The Labute approximate surface area is 214 Å². The van der Waals surface area contributed by atoms with Crippen LogP contribution in [0.2, 0.25) is 0 Å². The molecule has 3 aromatic rings. The Kier molecular flexibility index (Phi) is 8.34. The van der Waals surface area contributed by atoms with Crippen molar-refractivity contribution in [2.45, 2.75) is 33.2 Å². The number of oxime groups is 1. The smallest absolute Gasteiger partial charge is 0.323 e. The van der Waals surface area contributed by atoms with Crippen molar-refractivity contribution >= 4 is 17.7 Å². The minimum absolute atomic E-state index is 0.177. The van der Waals surface area contributed by atoms with Crippen LogP contribution in [0, 0.1) is 5.41 Å². The summed E-state index contributed by atoms with van der Waals surface area (Å²) in [6.45, 7) is 5.72. The molecule has 1 aliphatic heterocycles. The van der Waals surface area contributed by atoms with E-state index in [1.807, 2.05) is 24.3 Å². The van der Waals surface area contributed by atoms with Crippen LogP contribution >= 0.6 is 0 Å². The molecule has 0 unspecified atom stereocenters. The van der Waals surface area contributed by atoms with Crippen LogP contribution in [0.15, 0.2) is 56.8 Å². The van der Waals surface area contributed by atoms with Crippen molar-refractivity contribution in [2.24, 2.45) is 10.6 Å². The molecule has 37 heavy (non-hydrogen) atoms. The van der Waals surface area contributed by atoms with E-state index in [1.54, 1.807) is 26.0 Å². The van der Waals surface area contributed by atoms with Crippen molar-refractivity contribution in [2.75, 3.05) is 33.4 Å². The van der Waals surface area contributed by atoms with Gasteiger partial charge in [0.05, 0.1) is 19.5 Å². The number of ether oxygens (including phenoxy) is 2. The zero-order valence-corrected chi connectivity index (χ0v) is 21.1. The molecule has 0 saturated carbocycles. The number of carbonyl (C=O) groups excluding carboxylic acids is 2. The van der Waals surface area contributed by atoms with Gasteiger partial charge < -0.3 is 23.3 Å². The highest BCUT2D eigenvalue weighted by Crippen LogP contribution is 2.35. The maximum atomic E-state index is 12.6. The van der Waals surface area contributed by atoms with Crippen LogP contribution in [0.1, 0.15) is 43.9 Å². The van der Waals surface area contributed by atoms with E-state index in [4.69, 9.17) is 23.3 Å². The molecule has 2 aromatic heterocycles. The van der Waals surface area contributed by atoms with Crippen molar-refractivity contribution in [3.63, 3.8) is 0 Å². The second kappa shape index (κ2) is 11.8. The first-order chi connectivity index (χ1) is 18.0. The number of aromatic nitrogens is 2. The number of furan rings is 1. The van der Waals surface area contributed by atoms with E-state index in [-0.39, 0.29) is 19.1 Å². The number of hydrogen-bond donors (Lipinski definition) is 0. The monoisotopic (exact) mass is 510 g/mol. The average Bonchev–Trinajstić information content (AvgIpc) is 3.62. The van der Waals surface area contributed by atoms with E-state index in [0.717, 1.165) is 11.1 Å². The first kappa shape index (κ1) is 26.1. The quantitative estimate of drug-likeness (QED) is 0.173. The lowest BCUT2D eigenvalue weighted by Gasteiger charge is -2.38. The molecule has 1 saturated heterocycles. The van der Waals surface area contributed by atoms with Crippen molar-refractivity contribution in [1.29, 1.82) is 0 Å². The van der Waals surface area contributed by atoms with E-state index < -0.39 is 17.4 Å². The number of esters is 2. The number of nitrogens with zero attached hydrogens (tertiary/aromatic N) is 4. The van der Waals surface area contributed by atoms with Crippen molar-refractivity contribution in [3.8, 4) is 11.4 Å². The van der Waals surface area contributed by atoms with E-state index in [0.29, 0.717) is 49.8 Å². The largest absolute Gasteiger partial charge is 0.465 e. The molecule has 11 heteroatoms. The standard InChI is InChI=1S/C26H30N4O7/c1-4-34-24(31)26(25(32)35-5-2)12-14-30(15-13-26)17-18-8-10-19(11-9-18)22-27-23(37-29-22)21(28-33-3)20-7-6-16-36-20/h6-11,16H,4-5,12-15,17H2,1-3H3. The van der Waals surface area contributed by atoms with Crippen LogP contribution in [0.25, 0.3) is 11.4 Å². The van der Waals surface area contributed by atoms with Gasteiger partial charge in [-0.2, -0.15) is 4.98 Å². The Morgan fingerprint density at radius 2 is 1.73 bits per heavy atom. The van der Waals surface area contributed by atoms with Gasteiger partial charge >= 0.3 is 11.9 Å². The van der Waals surface area contributed by atoms with Crippen LogP contribution < -0.4 is 0 Å². The zero-order valence-electron chi connectivity index (χ0n) is 21.1. The summed E-state index contributed by atoms with van der Waals surface area (Å²) < 4.78 is 21.2. The van der Waals surface area contributed by atoms with Crippen LogP contribution in [-0.4, -0.2) is 66.1 Å². The first-order valence-corrected chi connectivity index (χ1v) is 12.2. The maximum absolute atomic E-state index is 12.6. The molecule has 4 rings (SSSR count). The molecular formula is C26H30N4O7. The second-order valence-electron chi connectivity index (χ2n) is 8.52. The van der Waals surface area contributed by atoms with E-state index in [1.165, 1.54) is 13.4 Å². The summed E-state index contributed by atoms with van der Waals surface area (Å²) in [5.74, 6) is 0.0358. The average molecular weight is 511 g/mol. The third-order valence-electron chi connectivity index (χ3n) is 6.23. The Balaban J connectivity index is 1.40. The second-order valence-corrected chi connectivity index (χ2v) is 8.52. The summed E-state index contributed by atoms with van der Waals surface area (Å²) in [6.07, 6.45) is 2.23. The maximum Gasteiger partial charge on any atom is 0.323 e. The first-order valence-electron chi connectivity index (χ1n) is 12.2. The van der Waals surface area contributed by atoms with Crippen LogP contribution in [0.5, 0.6) is 0 Å². The van der Waals surface area contributed by atoms with Gasteiger partial charge in [0.1, 0.15) is 7.11 Å². The van der Waals surface area contributed by atoms with Gasteiger partial charge in [-0.25, -0.2) is 0 Å². The van der Waals surface area contributed by atoms with Gasteiger partial charge in [0.25, 0.3) is 5.89 Å². The van der Waals surface area contributed by atoms with Crippen molar-refractivity contribution < 1.29 is 32.8 Å². The summed E-state index contributed by atoms with van der Waals surface area (Å²) in [7, 11) is 1.43. The highest BCUT2D eigenvalue weighted by molar-refractivity contribution is 6.07. The molecule has 0 spiro atoms. The summed E-state index contributed by atoms with van der Waals surface area (Å²) in [5, 5.41) is 8.00. The minimum atomic E-state index is -1.23. The molecule has 11 nitrogen and oxygen atoms in total. The van der Waals surface area contributed by atoms with E-state index >= 15 is 0 Å². The summed E-state index contributed by atoms with van der Waals surface area (Å²) >= 11 is 0. The fourth-order valence-electron chi connectivity index (χ4n) is 4.27. The predicted octanol–water partition coefficient (Wildman–Crippen LogP) is 3.44. The van der Waals surface area contributed by atoms with Gasteiger partial charge in [0.15, 0.2) is 11.2 Å². The summed E-state index contributed by atoms with van der Waals surface area (Å²) in [4.78, 5) is 36.8. The number of benzene rings is 1. The Morgan fingerprint density at radius 1 is 1.05 bits per heavy atom.